The van der Waals surface area contributed by atoms with E-state index >= 15 is 0 Å². The number of aliphatic hydroxyl groups is 1. The Hall–Kier alpha value is -0.940. The van der Waals surface area contributed by atoms with Gasteiger partial charge in [-0.1, -0.05) is 0 Å². The Labute approximate surface area is 97.1 Å². The third-order valence-electron chi connectivity index (χ3n) is 2.19. The number of likely N-dealkylation sites (N-methyl/N-ethyl adjacent to an activating group) is 1. The lowest BCUT2D eigenvalue weighted by Gasteiger charge is -2.22. The standard InChI is InChI=1S/C10H13BrN2O2/c1-7(6-14)13(2)10(15)9-4-3-8(11)5-12-9/h3-5,7,14H,6H2,1-2H3. The van der Waals surface area contributed by atoms with Crippen LogP contribution in [-0.2, 0) is 0 Å². The molecule has 5 heteroatoms. The zero-order valence-corrected chi connectivity index (χ0v) is 10.2. The molecule has 0 bridgehead atoms. The van der Waals surface area contributed by atoms with Crippen molar-refractivity contribution in [3.05, 3.63) is 28.5 Å². The summed E-state index contributed by atoms with van der Waals surface area (Å²) in [5, 5.41) is 8.92. The monoisotopic (exact) mass is 272 g/mol. The van der Waals surface area contributed by atoms with Crippen LogP contribution >= 0.6 is 15.9 Å². The van der Waals surface area contributed by atoms with Crippen molar-refractivity contribution in [2.45, 2.75) is 13.0 Å². The predicted octanol–water partition coefficient (Wildman–Crippen LogP) is 1.30. The van der Waals surface area contributed by atoms with Gasteiger partial charge in [-0.2, -0.15) is 0 Å². The molecule has 82 valence electrons. The topological polar surface area (TPSA) is 53.4 Å². The molecule has 15 heavy (non-hydrogen) atoms. The largest absolute Gasteiger partial charge is 0.394 e. The van der Waals surface area contributed by atoms with Crippen LogP contribution in [0.1, 0.15) is 17.4 Å². The van der Waals surface area contributed by atoms with Crippen LogP contribution in [0.15, 0.2) is 22.8 Å². The number of rotatable bonds is 3. The maximum atomic E-state index is 11.8. The van der Waals surface area contributed by atoms with E-state index in [1.165, 1.54) is 4.90 Å². The Balaban J connectivity index is 2.80. The van der Waals surface area contributed by atoms with Crippen molar-refractivity contribution >= 4 is 21.8 Å². The summed E-state index contributed by atoms with van der Waals surface area (Å²) in [7, 11) is 1.65. The normalized spacial score (nSPS) is 12.3. The molecule has 0 spiro atoms. The van der Waals surface area contributed by atoms with Gasteiger partial charge in [0, 0.05) is 17.7 Å². The number of nitrogens with zero attached hydrogens (tertiary/aromatic N) is 2. The number of aliphatic hydroxyl groups excluding tert-OH is 1. The Morgan fingerprint density at radius 1 is 1.67 bits per heavy atom. The molecule has 0 radical (unpaired) electrons. The van der Waals surface area contributed by atoms with Crippen LogP contribution in [0.3, 0.4) is 0 Å². The van der Waals surface area contributed by atoms with Gasteiger partial charge in [-0.15, -0.1) is 0 Å². The van der Waals surface area contributed by atoms with Gasteiger partial charge in [-0.25, -0.2) is 4.98 Å². The van der Waals surface area contributed by atoms with E-state index in [9.17, 15) is 4.79 Å². The van der Waals surface area contributed by atoms with Crippen molar-refractivity contribution in [1.82, 2.24) is 9.88 Å². The highest BCUT2D eigenvalue weighted by Crippen LogP contribution is 2.09. The predicted molar refractivity (Wildman–Crippen MR) is 60.6 cm³/mol. The van der Waals surface area contributed by atoms with E-state index in [-0.39, 0.29) is 18.6 Å². The lowest BCUT2D eigenvalue weighted by molar-refractivity contribution is 0.0676. The Morgan fingerprint density at radius 3 is 2.80 bits per heavy atom. The van der Waals surface area contributed by atoms with Crippen LogP contribution in [0, 0.1) is 0 Å². The van der Waals surface area contributed by atoms with Gasteiger partial charge in [-0.3, -0.25) is 4.79 Å². The minimum Gasteiger partial charge on any atom is -0.394 e. The molecule has 1 rings (SSSR count). The van der Waals surface area contributed by atoms with Gasteiger partial charge in [0.05, 0.1) is 12.6 Å². The molecule has 1 unspecified atom stereocenters. The molecule has 0 aromatic carbocycles. The minimum atomic E-state index is -0.206. The van der Waals surface area contributed by atoms with Gasteiger partial charge in [0.15, 0.2) is 0 Å². The average Bonchev–Trinajstić information content (AvgIpc) is 2.27. The summed E-state index contributed by atoms with van der Waals surface area (Å²) < 4.78 is 0.830. The van der Waals surface area contributed by atoms with Crippen LogP contribution in [0.5, 0.6) is 0 Å². The SMILES string of the molecule is CC(CO)N(C)C(=O)c1ccc(Br)cn1. The molecule has 1 heterocycles. The zero-order chi connectivity index (χ0) is 11.4. The summed E-state index contributed by atoms with van der Waals surface area (Å²) in [4.78, 5) is 17.3. The number of carbonyl (C=O) groups excluding carboxylic acids is 1. The fourth-order valence-electron chi connectivity index (χ4n) is 1.01. The van der Waals surface area contributed by atoms with Gasteiger partial charge in [0.2, 0.25) is 0 Å². The highest BCUT2D eigenvalue weighted by atomic mass is 79.9. The molecular weight excluding hydrogens is 260 g/mol. The summed E-state index contributed by atoms with van der Waals surface area (Å²) in [6.45, 7) is 1.72. The van der Waals surface area contributed by atoms with Gasteiger partial charge in [0.1, 0.15) is 5.69 Å². The van der Waals surface area contributed by atoms with E-state index in [1.807, 2.05) is 0 Å². The van der Waals surface area contributed by atoms with Crippen molar-refractivity contribution in [3.63, 3.8) is 0 Å². The Kier molecular flexibility index (Phi) is 4.23. The maximum absolute atomic E-state index is 11.8. The maximum Gasteiger partial charge on any atom is 0.272 e. The number of pyridine rings is 1. The van der Waals surface area contributed by atoms with Crippen molar-refractivity contribution in [2.24, 2.45) is 0 Å². The van der Waals surface area contributed by atoms with Crippen LogP contribution in [0.25, 0.3) is 0 Å². The molecule has 0 fully saturated rings. The summed E-state index contributed by atoms with van der Waals surface area (Å²) in [6.07, 6.45) is 1.57. The van der Waals surface area contributed by atoms with E-state index in [0.29, 0.717) is 5.69 Å². The van der Waals surface area contributed by atoms with Gasteiger partial charge < -0.3 is 10.0 Å². The molecular formula is C10H13BrN2O2. The first-order valence-electron chi connectivity index (χ1n) is 4.56. The van der Waals surface area contributed by atoms with E-state index in [0.717, 1.165) is 4.47 Å². The number of halogens is 1. The van der Waals surface area contributed by atoms with Crippen molar-refractivity contribution in [1.29, 1.82) is 0 Å². The third-order valence-corrected chi connectivity index (χ3v) is 2.66. The molecule has 1 N–H and O–H groups in total. The molecule has 1 aromatic rings. The molecule has 0 aliphatic carbocycles. The highest BCUT2D eigenvalue weighted by Gasteiger charge is 2.17. The highest BCUT2D eigenvalue weighted by molar-refractivity contribution is 9.10. The lowest BCUT2D eigenvalue weighted by atomic mass is 10.2. The van der Waals surface area contributed by atoms with Crippen LogP contribution in [-0.4, -0.2) is 40.6 Å². The average molecular weight is 273 g/mol. The summed E-state index contributed by atoms with van der Waals surface area (Å²) in [5.74, 6) is -0.191. The molecule has 0 aliphatic heterocycles. The van der Waals surface area contributed by atoms with Gasteiger partial charge >= 0.3 is 0 Å². The molecule has 0 saturated heterocycles. The fraction of sp³-hybridized carbons (Fsp3) is 0.400. The minimum absolute atomic E-state index is 0.0568. The van der Waals surface area contributed by atoms with Crippen LogP contribution in [0.4, 0.5) is 0 Å². The van der Waals surface area contributed by atoms with Gasteiger partial charge in [-0.05, 0) is 35.0 Å². The first-order valence-corrected chi connectivity index (χ1v) is 5.35. The van der Waals surface area contributed by atoms with Crippen LogP contribution in [0.2, 0.25) is 0 Å². The quantitative estimate of drug-likeness (QED) is 0.903. The van der Waals surface area contributed by atoms with Crippen molar-refractivity contribution < 1.29 is 9.90 Å². The fourth-order valence-corrected chi connectivity index (χ4v) is 1.24. The second-order valence-electron chi connectivity index (χ2n) is 3.31. The second-order valence-corrected chi connectivity index (χ2v) is 4.22. The Morgan fingerprint density at radius 2 is 2.33 bits per heavy atom. The Bertz CT molecular complexity index is 340. The molecule has 4 nitrogen and oxygen atoms in total. The van der Waals surface area contributed by atoms with Crippen molar-refractivity contribution in [3.8, 4) is 0 Å². The molecule has 1 atom stereocenters. The molecule has 0 saturated carbocycles. The first kappa shape index (κ1) is 12.1. The summed E-state index contributed by atoms with van der Waals surface area (Å²) >= 11 is 3.25. The first-order chi connectivity index (χ1) is 7.06. The summed E-state index contributed by atoms with van der Waals surface area (Å²) in [6, 6.07) is 3.20. The third kappa shape index (κ3) is 3.00. The molecule has 1 aromatic heterocycles. The summed E-state index contributed by atoms with van der Waals surface area (Å²) in [5.41, 5.74) is 0.376. The number of amides is 1. The number of aromatic nitrogens is 1. The molecule has 0 aliphatic rings. The molecule has 1 amide bonds. The van der Waals surface area contributed by atoms with Crippen LogP contribution < -0.4 is 0 Å². The number of hydrogen-bond donors (Lipinski definition) is 1. The second kappa shape index (κ2) is 5.23. The lowest BCUT2D eigenvalue weighted by Crippen LogP contribution is -2.37. The van der Waals surface area contributed by atoms with Crippen molar-refractivity contribution in [2.75, 3.05) is 13.7 Å². The van der Waals surface area contributed by atoms with Gasteiger partial charge in [0.25, 0.3) is 5.91 Å². The van der Waals surface area contributed by atoms with E-state index in [4.69, 9.17) is 5.11 Å². The van der Waals surface area contributed by atoms with E-state index < -0.39 is 0 Å². The number of hydrogen-bond acceptors (Lipinski definition) is 3. The smallest absolute Gasteiger partial charge is 0.272 e. The zero-order valence-electron chi connectivity index (χ0n) is 8.64. The van der Waals surface area contributed by atoms with E-state index in [1.54, 1.807) is 32.3 Å². The van der Waals surface area contributed by atoms with E-state index in [2.05, 4.69) is 20.9 Å². The number of carbonyl (C=O) groups is 1.